The number of carbonyl (C=O) groups is 1. The topological polar surface area (TPSA) is 87.7 Å². The molecular formula is C9H9N3O3. The van der Waals surface area contributed by atoms with Gasteiger partial charge in [0.15, 0.2) is 11.5 Å². The molecule has 0 aliphatic carbocycles. The van der Waals surface area contributed by atoms with Gasteiger partial charge in [0.25, 0.3) is 0 Å². The van der Waals surface area contributed by atoms with Crippen LogP contribution in [-0.4, -0.2) is 30.8 Å². The Labute approximate surface area is 84.8 Å². The molecule has 78 valence electrons. The molecule has 0 amide bonds. The number of rotatable bonds is 2. The van der Waals surface area contributed by atoms with E-state index in [9.17, 15) is 9.90 Å². The molecule has 2 rings (SSSR count). The third-order valence-electron chi connectivity index (χ3n) is 2.05. The number of carboxylic acids is 1. The molecule has 6 heteroatoms. The van der Waals surface area contributed by atoms with Gasteiger partial charge in [-0.05, 0) is 19.1 Å². The molecule has 2 N–H and O–H groups in total. The fraction of sp³-hybridized carbons (Fsp3) is 0.222. The molecular weight excluding hydrogens is 198 g/mol. The summed E-state index contributed by atoms with van der Waals surface area (Å²) < 4.78 is 1.47. The number of aliphatic hydroxyl groups is 1. The van der Waals surface area contributed by atoms with E-state index in [0.717, 1.165) is 0 Å². The molecule has 0 aromatic carbocycles. The zero-order valence-corrected chi connectivity index (χ0v) is 7.95. The van der Waals surface area contributed by atoms with Crippen LogP contribution in [0.2, 0.25) is 0 Å². The summed E-state index contributed by atoms with van der Waals surface area (Å²) in [5, 5.41) is 25.7. The van der Waals surface area contributed by atoms with Crippen molar-refractivity contribution in [3.05, 3.63) is 29.7 Å². The molecule has 6 nitrogen and oxygen atoms in total. The van der Waals surface area contributed by atoms with Crippen LogP contribution >= 0.6 is 0 Å². The first-order chi connectivity index (χ1) is 7.09. The Hall–Kier alpha value is -1.95. The summed E-state index contributed by atoms with van der Waals surface area (Å²) in [4.78, 5) is 10.7. The monoisotopic (exact) mass is 207 g/mol. The molecule has 2 heterocycles. The van der Waals surface area contributed by atoms with Gasteiger partial charge in [0.1, 0.15) is 6.10 Å². The molecule has 1 atom stereocenters. The first kappa shape index (κ1) is 9.60. The highest BCUT2D eigenvalue weighted by atomic mass is 16.4. The summed E-state index contributed by atoms with van der Waals surface area (Å²) in [6.07, 6.45) is 0.601. The van der Waals surface area contributed by atoms with E-state index in [1.807, 2.05) is 0 Å². The molecule has 0 spiro atoms. The number of aromatic nitrogens is 3. The first-order valence-electron chi connectivity index (χ1n) is 4.35. The second kappa shape index (κ2) is 3.32. The maximum atomic E-state index is 10.7. The van der Waals surface area contributed by atoms with Crippen LogP contribution in [0.15, 0.2) is 18.3 Å². The van der Waals surface area contributed by atoms with Gasteiger partial charge in [0, 0.05) is 6.20 Å². The van der Waals surface area contributed by atoms with E-state index in [0.29, 0.717) is 11.5 Å². The van der Waals surface area contributed by atoms with Gasteiger partial charge in [-0.25, -0.2) is 4.79 Å². The van der Waals surface area contributed by atoms with Gasteiger partial charge >= 0.3 is 5.97 Å². The minimum absolute atomic E-state index is 0.129. The third-order valence-corrected chi connectivity index (χ3v) is 2.05. The van der Waals surface area contributed by atoms with Crippen molar-refractivity contribution in [1.29, 1.82) is 0 Å². The second-order valence-electron chi connectivity index (χ2n) is 3.19. The van der Waals surface area contributed by atoms with Gasteiger partial charge in [-0.1, -0.05) is 0 Å². The Balaban J connectivity index is 2.66. The highest BCUT2D eigenvalue weighted by Crippen LogP contribution is 2.12. The molecule has 0 saturated heterocycles. The van der Waals surface area contributed by atoms with Crippen LogP contribution < -0.4 is 0 Å². The van der Waals surface area contributed by atoms with Gasteiger partial charge in [0.05, 0.1) is 5.56 Å². The molecule has 0 bridgehead atoms. The first-order valence-corrected chi connectivity index (χ1v) is 4.35. The minimum atomic E-state index is -1.03. The Morgan fingerprint density at radius 1 is 1.47 bits per heavy atom. The Morgan fingerprint density at radius 2 is 2.20 bits per heavy atom. The highest BCUT2D eigenvalue weighted by molar-refractivity contribution is 5.87. The number of nitrogens with zero attached hydrogens (tertiary/aromatic N) is 3. The van der Waals surface area contributed by atoms with Crippen molar-refractivity contribution in [2.75, 3.05) is 0 Å². The van der Waals surface area contributed by atoms with Crippen molar-refractivity contribution < 1.29 is 15.0 Å². The van der Waals surface area contributed by atoms with Crippen LogP contribution in [0.25, 0.3) is 5.65 Å². The summed E-state index contributed by atoms with van der Waals surface area (Å²) in [5.41, 5.74) is 0.639. The summed E-state index contributed by atoms with van der Waals surface area (Å²) in [5.74, 6) is -0.699. The SMILES string of the molecule is C[C@H](O)c1nnc2ccc(C(=O)O)cn12. The zero-order valence-electron chi connectivity index (χ0n) is 7.95. The van der Waals surface area contributed by atoms with Gasteiger partial charge < -0.3 is 10.2 Å². The maximum absolute atomic E-state index is 10.7. The molecule has 0 fully saturated rings. The van der Waals surface area contributed by atoms with Crippen LogP contribution in [0, 0.1) is 0 Å². The van der Waals surface area contributed by atoms with E-state index in [1.54, 1.807) is 13.0 Å². The van der Waals surface area contributed by atoms with E-state index in [1.165, 1.54) is 16.7 Å². The lowest BCUT2D eigenvalue weighted by atomic mass is 10.3. The van der Waals surface area contributed by atoms with Crippen molar-refractivity contribution in [2.24, 2.45) is 0 Å². The van der Waals surface area contributed by atoms with Crippen molar-refractivity contribution in [3.63, 3.8) is 0 Å². The molecule has 15 heavy (non-hydrogen) atoms. The van der Waals surface area contributed by atoms with E-state index in [2.05, 4.69) is 10.2 Å². The van der Waals surface area contributed by atoms with Crippen molar-refractivity contribution in [3.8, 4) is 0 Å². The predicted octanol–water partition coefficient (Wildman–Crippen LogP) is 0.481. The lowest BCUT2D eigenvalue weighted by molar-refractivity contribution is 0.0696. The fourth-order valence-corrected chi connectivity index (χ4v) is 1.32. The standard InChI is InChI=1S/C9H9N3O3/c1-5(13)8-11-10-7-3-2-6(9(14)15)4-12(7)8/h2-5,13H,1H3,(H,14,15)/t5-/m0/s1. The smallest absolute Gasteiger partial charge is 0.337 e. The number of hydrogen-bond acceptors (Lipinski definition) is 4. The molecule has 0 aliphatic heterocycles. The number of aliphatic hydroxyl groups excluding tert-OH is 1. The van der Waals surface area contributed by atoms with Crippen LogP contribution in [0.3, 0.4) is 0 Å². The molecule has 2 aromatic rings. The van der Waals surface area contributed by atoms with E-state index >= 15 is 0 Å². The summed E-state index contributed by atoms with van der Waals surface area (Å²) in [6, 6.07) is 2.99. The number of fused-ring (bicyclic) bond motifs is 1. The molecule has 0 radical (unpaired) electrons. The molecule has 0 aliphatic rings. The van der Waals surface area contributed by atoms with Gasteiger partial charge in [-0.2, -0.15) is 0 Å². The number of carboxylic acid groups (broad SMARTS) is 1. The fourth-order valence-electron chi connectivity index (χ4n) is 1.32. The third kappa shape index (κ3) is 1.55. The largest absolute Gasteiger partial charge is 0.478 e. The lowest BCUT2D eigenvalue weighted by Crippen LogP contribution is -2.03. The van der Waals surface area contributed by atoms with Crippen molar-refractivity contribution >= 4 is 11.6 Å². The Kier molecular flexibility index (Phi) is 2.12. The molecule has 0 saturated carbocycles. The predicted molar refractivity (Wildman–Crippen MR) is 50.6 cm³/mol. The minimum Gasteiger partial charge on any atom is -0.478 e. The molecule has 0 unspecified atom stereocenters. The highest BCUT2D eigenvalue weighted by Gasteiger charge is 2.12. The van der Waals surface area contributed by atoms with E-state index < -0.39 is 12.1 Å². The Morgan fingerprint density at radius 3 is 2.80 bits per heavy atom. The van der Waals surface area contributed by atoms with E-state index in [-0.39, 0.29) is 5.56 Å². The average Bonchev–Trinajstić information content (AvgIpc) is 2.59. The van der Waals surface area contributed by atoms with Gasteiger partial charge in [0.2, 0.25) is 0 Å². The van der Waals surface area contributed by atoms with E-state index in [4.69, 9.17) is 5.11 Å². The number of pyridine rings is 1. The quantitative estimate of drug-likeness (QED) is 0.747. The second-order valence-corrected chi connectivity index (χ2v) is 3.19. The van der Waals surface area contributed by atoms with Gasteiger partial charge in [-0.3, -0.25) is 4.40 Å². The summed E-state index contributed by atoms with van der Waals surface area (Å²) in [6.45, 7) is 1.55. The maximum Gasteiger partial charge on any atom is 0.337 e. The zero-order chi connectivity index (χ0) is 11.0. The van der Waals surface area contributed by atoms with Crippen LogP contribution in [0.5, 0.6) is 0 Å². The average molecular weight is 207 g/mol. The van der Waals surface area contributed by atoms with Crippen LogP contribution in [0.4, 0.5) is 0 Å². The van der Waals surface area contributed by atoms with Crippen molar-refractivity contribution in [1.82, 2.24) is 14.6 Å². The molecule has 2 aromatic heterocycles. The lowest BCUT2D eigenvalue weighted by Gasteiger charge is -2.02. The Bertz CT molecular complexity index is 518. The summed E-state index contributed by atoms with van der Waals surface area (Å²) >= 11 is 0. The summed E-state index contributed by atoms with van der Waals surface area (Å²) in [7, 11) is 0. The van der Waals surface area contributed by atoms with Crippen molar-refractivity contribution in [2.45, 2.75) is 13.0 Å². The van der Waals surface area contributed by atoms with Gasteiger partial charge in [-0.15, -0.1) is 10.2 Å². The van der Waals surface area contributed by atoms with Crippen LogP contribution in [-0.2, 0) is 0 Å². The number of aromatic carboxylic acids is 1. The number of hydrogen-bond donors (Lipinski definition) is 2. The van der Waals surface area contributed by atoms with Crippen LogP contribution in [0.1, 0.15) is 29.2 Å². The normalized spacial score (nSPS) is 12.9.